The summed E-state index contributed by atoms with van der Waals surface area (Å²) in [5, 5.41) is 13.9. The molecule has 0 bridgehead atoms. The van der Waals surface area contributed by atoms with Gasteiger partial charge in [-0.25, -0.2) is 0 Å². The molecule has 1 aliphatic heterocycles. The van der Waals surface area contributed by atoms with Crippen molar-refractivity contribution < 1.29 is 19.2 Å². The maximum absolute atomic E-state index is 12.5. The highest BCUT2D eigenvalue weighted by atomic mass is 35.5. The molecule has 0 aliphatic carbocycles. The van der Waals surface area contributed by atoms with Crippen LogP contribution in [0.25, 0.3) is 0 Å². The number of hydrogen-bond donors (Lipinski definition) is 1. The number of halogens is 1. The van der Waals surface area contributed by atoms with E-state index in [4.69, 9.17) is 16.3 Å². The van der Waals surface area contributed by atoms with Gasteiger partial charge in [0.05, 0.1) is 16.3 Å². The van der Waals surface area contributed by atoms with Crippen LogP contribution in [0, 0.1) is 10.1 Å². The number of nitrogens with one attached hydrogen (secondary N) is 1. The summed E-state index contributed by atoms with van der Waals surface area (Å²) in [5.41, 5.74) is 0.725. The van der Waals surface area contributed by atoms with Crippen molar-refractivity contribution in [1.29, 1.82) is 0 Å². The molecular formula is C16H12ClN3O5. The van der Waals surface area contributed by atoms with E-state index in [2.05, 4.69) is 5.32 Å². The minimum absolute atomic E-state index is 0.0718. The van der Waals surface area contributed by atoms with Crippen molar-refractivity contribution in [3.8, 4) is 5.75 Å². The number of ether oxygens (including phenoxy) is 1. The fourth-order valence-corrected chi connectivity index (χ4v) is 2.59. The van der Waals surface area contributed by atoms with E-state index >= 15 is 0 Å². The standard InChI is InChI=1S/C16H12ClN3O5/c17-10-5-6-14(13(7-10)20(23)24)25-9-16(22)19-8-15(21)18-11-3-1-2-4-12(11)19/h1-7H,8-9H2,(H,18,21). The summed E-state index contributed by atoms with van der Waals surface area (Å²) < 4.78 is 5.30. The molecular weight excluding hydrogens is 350 g/mol. The Bertz CT molecular complexity index is 871. The lowest BCUT2D eigenvalue weighted by atomic mass is 10.2. The largest absolute Gasteiger partial charge is 0.477 e. The average molecular weight is 362 g/mol. The van der Waals surface area contributed by atoms with Gasteiger partial charge in [0.25, 0.3) is 5.91 Å². The first kappa shape index (κ1) is 16.7. The van der Waals surface area contributed by atoms with Crippen molar-refractivity contribution in [2.75, 3.05) is 23.4 Å². The Morgan fingerprint density at radius 1 is 1.32 bits per heavy atom. The molecule has 2 aromatic rings. The van der Waals surface area contributed by atoms with E-state index in [0.717, 1.165) is 6.07 Å². The first-order valence-electron chi connectivity index (χ1n) is 7.21. The maximum atomic E-state index is 12.5. The molecule has 128 valence electrons. The predicted molar refractivity (Wildman–Crippen MR) is 91.0 cm³/mol. The highest BCUT2D eigenvalue weighted by Gasteiger charge is 2.27. The van der Waals surface area contributed by atoms with E-state index in [1.807, 2.05) is 0 Å². The molecule has 0 radical (unpaired) electrons. The topological polar surface area (TPSA) is 102 Å². The zero-order valence-corrected chi connectivity index (χ0v) is 13.5. The maximum Gasteiger partial charge on any atom is 0.312 e. The van der Waals surface area contributed by atoms with Gasteiger partial charge in [-0.15, -0.1) is 0 Å². The van der Waals surface area contributed by atoms with E-state index in [1.165, 1.54) is 17.0 Å². The summed E-state index contributed by atoms with van der Waals surface area (Å²) in [6.07, 6.45) is 0. The van der Waals surface area contributed by atoms with Crippen LogP contribution < -0.4 is 15.0 Å². The molecule has 0 spiro atoms. The Kier molecular flexibility index (Phi) is 4.53. The Labute approximate surface area is 147 Å². The minimum Gasteiger partial charge on any atom is -0.477 e. The van der Waals surface area contributed by atoms with Gasteiger partial charge in [-0.3, -0.25) is 24.6 Å². The van der Waals surface area contributed by atoms with Crippen LogP contribution in [0.2, 0.25) is 5.02 Å². The third kappa shape index (κ3) is 3.53. The molecule has 3 rings (SSSR count). The van der Waals surface area contributed by atoms with Gasteiger partial charge >= 0.3 is 5.69 Å². The zero-order valence-electron chi connectivity index (χ0n) is 12.8. The normalized spacial score (nSPS) is 13.0. The number of nitro benzene ring substituents is 1. The molecule has 0 unspecified atom stereocenters. The fourth-order valence-electron chi connectivity index (χ4n) is 2.43. The first-order chi connectivity index (χ1) is 12.0. The van der Waals surface area contributed by atoms with Gasteiger partial charge in [0, 0.05) is 11.1 Å². The quantitative estimate of drug-likeness (QED) is 0.666. The number of fused-ring (bicyclic) bond motifs is 1. The molecule has 0 saturated carbocycles. The monoisotopic (exact) mass is 361 g/mol. The van der Waals surface area contributed by atoms with E-state index < -0.39 is 17.4 Å². The molecule has 0 atom stereocenters. The number of amides is 2. The second-order valence-electron chi connectivity index (χ2n) is 5.20. The SMILES string of the molecule is O=C1CN(C(=O)COc2ccc(Cl)cc2[N+](=O)[O-])c2ccccc2N1. The second kappa shape index (κ2) is 6.78. The number of rotatable bonds is 4. The molecule has 0 fully saturated rings. The van der Waals surface area contributed by atoms with Gasteiger partial charge in [-0.05, 0) is 24.3 Å². The average Bonchev–Trinajstić information content (AvgIpc) is 2.59. The second-order valence-corrected chi connectivity index (χ2v) is 5.64. The van der Waals surface area contributed by atoms with Crippen LogP contribution in [0.5, 0.6) is 5.75 Å². The number of carbonyl (C=O) groups is 2. The summed E-state index contributed by atoms with van der Waals surface area (Å²) in [4.78, 5) is 35.9. The van der Waals surface area contributed by atoms with Gasteiger partial charge in [0.2, 0.25) is 5.91 Å². The molecule has 1 aliphatic rings. The highest BCUT2D eigenvalue weighted by Crippen LogP contribution is 2.31. The van der Waals surface area contributed by atoms with Crippen LogP contribution in [0.4, 0.5) is 17.1 Å². The number of carbonyl (C=O) groups excluding carboxylic acids is 2. The van der Waals surface area contributed by atoms with Crippen LogP contribution >= 0.6 is 11.6 Å². The number of nitro groups is 1. The highest BCUT2D eigenvalue weighted by molar-refractivity contribution is 6.30. The molecule has 0 aromatic heterocycles. The van der Waals surface area contributed by atoms with E-state index in [9.17, 15) is 19.7 Å². The summed E-state index contributed by atoms with van der Waals surface area (Å²) in [6, 6.07) is 10.7. The summed E-state index contributed by atoms with van der Waals surface area (Å²) in [5.74, 6) is -0.895. The lowest BCUT2D eigenvalue weighted by molar-refractivity contribution is -0.385. The van der Waals surface area contributed by atoms with Gasteiger partial charge in [-0.1, -0.05) is 23.7 Å². The Hall–Kier alpha value is -3.13. The van der Waals surface area contributed by atoms with E-state index in [-0.39, 0.29) is 28.9 Å². The van der Waals surface area contributed by atoms with Crippen molar-refractivity contribution in [2.24, 2.45) is 0 Å². The van der Waals surface area contributed by atoms with Crippen molar-refractivity contribution in [1.82, 2.24) is 0 Å². The molecule has 1 N–H and O–H groups in total. The van der Waals surface area contributed by atoms with Crippen molar-refractivity contribution in [3.63, 3.8) is 0 Å². The lowest BCUT2D eigenvalue weighted by Gasteiger charge is -2.29. The van der Waals surface area contributed by atoms with Gasteiger partial charge < -0.3 is 10.1 Å². The van der Waals surface area contributed by atoms with Crippen LogP contribution in [0.15, 0.2) is 42.5 Å². The van der Waals surface area contributed by atoms with Gasteiger partial charge in [0.15, 0.2) is 12.4 Å². The molecule has 2 amide bonds. The third-order valence-corrected chi connectivity index (χ3v) is 3.78. The third-order valence-electron chi connectivity index (χ3n) is 3.54. The minimum atomic E-state index is -0.644. The van der Waals surface area contributed by atoms with Crippen LogP contribution in [-0.4, -0.2) is 29.9 Å². The summed E-state index contributed by atoms with van der Waals surface area (Å²) in [6.45, 7) is -0.605. The first-order valence-corrected chi connectivity index (χ1v) is 7.59. The van der Waals surface area contributed by atoms with E-state index in [1.54, 1.807) is 24.3 Å². The van der Waals surface area contributed by atoms with Crippen molar-refractivity contribution in [3.05, 3.63) is 57.6 Å². The summed E-state index contributed by atoms with van der Waals surface area (Å²) in [7, 11) is 0. The molecule has 1 heterocycles. The number of anilines is 2. The number of hydrogen-bond acceptors (Lipinski definition) is 5. The van der Waals surface area contributed by atoms with Crippen LogP contribution in [0.3, 0.4) is 0 Å². The Balaban J connectivity index is 1.78. The Morgan fingerprint density at radius 2 is 2.08 bits per heavy atom. The zero-order chi connectivity index (χ0) is 18.0. The van der Waals surface area contributed by atoms with Crippen LogP contribution in [0.1, 0.15) is 0 Å². The Morgan fingerprint density at radius 3 is 2.84 bits per heavy atom. The number of nitrogens with zero attached hydrogens (tertiary/aromatic N) is 2. The summed E-state index contributed by atoms with van der Waals surface area (Å²) >= 11 is 5.74. The predicted octanol–water partition coefficient (Wildman–Crippen LogP) is 2.61. The molecule has 2 aromatic carbocycles. The molecule has 25 heavy (non-hydrogen) atoms. The van der Waals surface area contributed by atoms with Crippen molar-refractivity contribution >= 4 is 40.5 Å². The smallest absolute Gasteiger partial charge is 0.312 e. The number of benzene rings is 2. The van der Waals surface area contributed by atoms with Crippen LogP contribution in [-0.2, 0) is 9.59 Å². The fraction of sp³-hybridized carbons (Fsp3) is 0.125. The molecule has 0 saturated heterocycles. The van der Waals surface area contributed by atoms with E-state index in [0.29, 0.717) is 11.4 Å². The number of para-hydroxylation sites is 2. The lowest BCUT2D eigenvalue weighted by Crippen LogP contribution is -2.44. The van der Waals surface area contributed by atoms with Crippen molar-refractivity contribution in [2.45, 2.75) is 0 Å². The molecule has 9 heteroatoms. The van der Waals surface area contributed by atoms with Gasteiger partial charge in [0.1, 0.15) is 6.54 Å². The van der Waals surface area contributed by atoms with Gasteiger partial charge in [-0.2, -0.15) is 0 Å². The molecule has 8 nitrogen and oxygen atoms in total.